The number of sulfone groups is 1. The number of carbonyl (C=O) groups is 1. The van der Waals surface area contributed by atoms with Crippen molar-refractivity contribution >= 4 is 27.1 Å². The Morgan fingerprint density at radius 3 is 2.74 bits per heavy atom. The predicted molar refractivity (Wildman–Crippen MR) is 71.1 cm³/mol. The zero-order chi connectivity index (χ0) is 14.0. The Kier molecular flexibility index (Phi) is 3.68. The molecule has 2 rings (SSSR count). The van der Waals surface area contributed by atoms with E-state index in [-0.39, 0.29) is 16.2 Å². The van der Waals surface area contributed by atoms with Crippen LogP contribution in [0.25, 0.3) is 0 Å². The van der Waals surface area contributed by atoms with Crippen molar-refractivity contribution in [1.82, 2.24) is 4.98 Å². The number of hydrogen-bond acceptors (Lipinski definition) is 5. The number of aryl methyl sites for hydroxylation is 1. The molecule has 5 nitrogen and oxygen atoms in total. The molecule has 100 valence electrons. The van der Waals surface area contributed by atoms with Crippen molar-refractivity contribution in [1.29, 1.82) is 0 Å². The Balaban J connectivity index is 2.45. The van der Waals surface area contributed by atoms with Crippen LogP contribution < -0.4 is 0 Å². The van der Waals surface area contributed by atoms with E-state index in [9.17, 15) is 13.2 Å². The molecular formula is C12H11NO4S2. The normalized spacial score (nSPS) is 11.4. The summed E-state index contributed by atoms with van der Waals surface area (Å²) in [6.07, 6.45) is 1.50. The summed E-state index contributed by atoms with van der Waals surface area (Å²) >= 11 is 1.25. The summed E-state index contributed by atoms with van der Waals surface area (Å²) in [5, 5.41) is 8.92. The quantitative estimate of drug-likeness (QED) is 0.934. The number of thiazole rings is 1. The molecule has 7 heteroatoms. The summed E-state index contributed by atoms with van der Waals surface area (Å²) < 4.78 is 24.6. The number of benzene rings is 1. The van der Waals surface area contributed by atoms with E-state index in [1.54, 1.807) is 12.4 Å². The summed E-state index contributed by atoms with van der Waals surface area (Å²) in [5.41, 5.74) is 2.06. The van der Waals surface area contributed by atoms with E-state index < -0.39 is 15.8 Å². The molecule has 2 aromatic rings. The maximum absolute atomic E-state index is 12.3. The molecule has 19 heavy (non-hydrogen) atoms. The van der Waals surface area contributed by atoms with Crippen molar-refractivity contribution in [3.05, 3.63) is 45.9 Å². The van der Waals surface area contributed by atoms with Gasteiger partial charge in [-0.15, -0.1) is 11.3 Å². The highest BCUT2D eigenvalue weighted by Gasteiger charge is 2.20. The van der Waals surface area contributed by atoms with Crippen LogP contribution in [0.1, 0.15) is 20.8 Å². The lowest BCUT2D eigenvalue weighted by Gasteiger charge is -2.07. The van der Waals surface area contributed by atoms with Crippen molar-refractivity contribution in [2.24, 2.45) is 0 Å². The molecule has 0 aliphatic carbocycles. The van der Waals surface area contributed by atoms with Crippen molar-refractivity contribution in [3.63, 3.8) is 0 Å². The molecule has 0 radical (unpaired) electrons. The minimum Gasteiger partial charge on any atom is -0.478 e. The molecule has 0 fully saturated rings. The number of rotatable bonds is 4. The van der Waals surface area contributed by atoms with Gasteiger partial charge in [-0.05, 0) is 24.6 Å². The largest absolute Gasteiger partial charge is 0.478 e. The number of aromatic carboxylic acids is 1. The summed E-state index contributed by atoms with van der Waals surface area (Å²) in [7, 11) is -3.56. The van der Waals surface area contributed by atoms with Gasteiger partial charge in [0.15, 0.2) is 9.84 Å². The fraction of sp³-hybridized carbons (Fsp3) is 0.167. The number of carboxylic acid groups (broad SMARTS) is 1. The number of hydrogen-bond donors (Lipinski definition) is 1. The van der Waals surface area contributed by atoms with Gasteiger partial charge in [0.25, 0.3) is 0 Å². The third-order valence-electron chi connectivity index (χ3n) is 2.59. The lowest BCUT2D eigenvalue weighted by Crippen LogP contribution is -2.08. The Morgan fingerprint density at radius 1 is 1.42 bits per heavy atom. The van der Waals surface area contributed by atoms with Crippen LogP contribution in [0, 0.1) is 6.92 Å². The molecule has 0 amide bonds. The topological polar surface area (TPSA) is 84.3 Å². The Bertz CT molecular complexity index is 705. The molecule has 0 saturated carbocycles. The molecule has 0 saturated heterocycles. The molecule has 0 atom stereocenters. The van der Waals surface area contributed by atoms with E-state index in [2.05, 4.69) is 4.98 Å². The van der Waals surface area contributed by atoms with Gasteiger partial charge in [0.2, 0.25) is 0 Å². The monoisotopic (exact) mass is 297 g/mol. The SMILES string of the molecule is Cc1ccc(C(=O)O)cc1S(=O)(=O)Cc1cncs1. The summed E-state index contributed by atoms with van der Waals surface area (Å²) in [4.78, 5) is 15.4. The van der Waals surface area contributed by atoms with E-state index in [0.717, 1.165) is 0 Å². The average molecular weight is 297 g/mol. The van der Waals surface area contributed by atoms with Crippen molar-refractivity contribution in [2.75, 3.05) is 0 Å². The molecule has 0 bridgehead atoms. The fourth-order valence-corrected chi connectivity index (χ4v) is 4.23. The Morgan fingerprint density at radius 2 is 2.16 bits per heavy atom. The van der Waals surface area contributed by atoms with Crippen molar-refractivity contribution < 1.29 is 18.3 Å². The standard InChI is InChI=1S/C12H11NO4S2/c1-8-2-3-9(12(14)15)4-11(8)19(16,17)6-10-5-13-7-18-10/h2-5,7H,6H2,1H3,(H,14,15). The molecular weight excluding hydrogens is 286 g/mol. The molecule has 0 spiro atoms. The first-order valence-electron chi connectivity index (χ1n) is 5.34. The van der Waals surface area contributed by atoms with E-state index in [1.807, 2.05) is 0 Å². The molecule has 0 unspecified atom stereocenters. The van der Waals surface area contributed by atoms with Gasteiger partial charge in [-0.2, -0.15) is 0 Å². The summed E-state index contributed by atoms with van der Waals surface area (Å²) in [5.74, 6) is -1.31. The lowest BCUT2D eigenvalue weighted by molar-refractivity contribution is 0.0696. The second-order valence-electron chi connectivity index (χ2n) is 4.01. The second-order valence-corrected chi connectivity index (χ2v) is 6.94. The van der Waals surface area contributed by atoms with Crippen molar-refractivity contribution in [2.45, 2.75) is 17.6 Å². The van der Waals surface area contributed by atoms with Gasteiger partial charge >= 0.3 is 5.97 Å². The van der Waals surface area contributed by atoms with E-state index in [1.165, 1.54) is 35.7 Å². The zero-order valence-corrected chi connectivity index (χ0v) is 11.7. The highest BCUT2D eigenvalue weighted by molar-refractivity contribution is 7.90. The predicted octanol–water partition coefficient (Wildman–Crippen LogP) is 2.12. The zero-order valence-electron chi connectivity index (χ0n) is 10.0. The average Bonchev–Trinajstić information content (AvgIpc) is 2.81. The Labute approximate surface area is 114 Å². The highest BCUT2D eigenvalue weighted by atomic mass is 32.2. The number of nitrogens with zero attached hydrogens (tertiary/aromatic N) is 1. The maximum atomic E-state index is 12.3. The van der Waals surface area contributed by atoms with Gasteiger partial charge in [-0.1, -0.05) is 6.07 Å². The molecule has 1 aromatic carbocycles. The lowest BCUT2D eigenvalue weighted by atomic mass is 10.1. The minimum absolute atomic E-state index is 0.0338. The van der Waals surface area contributed by atoms with Crippen LogP contribution in [0.4, 0.5) is 0 Å². The minimum atomic E-state index is -3.56. The van der Waals surface area contributed by atoms with Crippen LogP contribution >= 0.6 is 11.3 Å². The molecule has 0 aliphatic rings. The van der Waals surface area contributed by atoms with Gasteiger partial charge in [0.05, 0.1) is 21.7 Å². The third-order valence-corrected chi connectivity index (χ3v) is 5.35. The second kappa shape index (κ2) is 5.10. The highest BCUT2D eigenvalue weighted by Crippen LogP contribution is 2.23. The van der Waals surface area contributed by atoms with Gasteiger partial charge < -0.3 is 5.11 Å². The third kappa shape index (κ3) is 2.99. The number of aromatic nitrogens is 1. The molecule has 1 N–H and O–H groups in total. The van der Waals surface area contributed by atoms with Crippen LogP contribution in [-0.2, 0) is 15.6 Å². The van der Waals surface area contributed by atoms with Gasteiger partial charge in [-0.3, -0.25) is 4.98 Å². The number of carboxylic acids is 1. The van der Waals surface area contributed by atoms with Crippen LogP contribution in [0.15, 0.2) is 34.8 Å². The summed E-state index contributed by atoms with van der Waals surface area (Å²) in [6, 6.07) is 4.10. The van der Waals surface area contributed by atoms with E-state index >= 15 is 0 Å². The van der Waals surface area contributed by atoms with Gasteiger partial charge in [-0.25, -0.2) is 13.2 Å². The van der Waals surface area contributed by atoms with Crippen LogP contribution in [0.3, 0.4) is 0 Å². The van der Waals surface area contributed by atoms with Crippen LogP contribution in [0.2, 0.25) is 0 Å². The summed E-state index contributed by atoms with van der Waals surface area (Å²) in [6.45, 7) is 1.64. The van der Waals surface area contributed by atoms with Crippen LogP contribution in [0.5, 0.6) is 0 Å². The Hall–Kier alpha value is -1.73. The van der Waals surface area contributed by atoms with E-state index in [4.69, 9.17) is 5.11 Å². The maximum Gasteiger partial charge on any atom is 0.335 e. The van der Waals surface area contributed by atoms with Gasteiger partial charge in [0, 0.05) is 11.1 Å². The van der Waals surface area contributed by atoms with Crippen LogP contribution in [-0.4, -0.2) is 24.5 Å². The first-order valence-corrected chi connectivity index (χ1v) is 7.87. The molecule has 1 heterocycles. The first kappa shape index (κ1) is 13.7. The fourth-order valence-electron chi connectivity index (χ4n) is 1.65. The van der Waals surface area contributed by atoms with E-state index in [0.29, 0.717) is 10.4 Å². The van der Waals surface area contributed by atoms with Crippen molar-refractivity contribution in [3.8, 4) is 0 Å². The first-order chi connectivity index (χ1) is 8.90. The molecule has 0 aliphatic heterocycles. The smallest absolute Gasteiger partial charge is 0.335 e. The molecule has 1 aromatic heterocycles. The van der Waals surface area contributed by atoms with Gasteiger partial charge in [0.1, 0.15) is 0 Å².